The summed E-state index contributed by atoms with van der Waals surface area (Å²) in [7, 11) is 0. The molecule has 0 fully saturated rings. The van der Waals surface area contributed by atoms with Crippen molar-refractivity contribution >= 4 is 34.2 Å². The summed E-state index contributed by atoms with van der Waals surface area (Å²) >= 11 is 0.841. The second-order valence-electron chi connectivity index (χ2n) is 4.61. The fraction of sp³-hybridized carbons (Fsp3) is 0.0625. The molecule has 24 heavy (non-hydrogen) atoms. The second kappa shape index (κ2) is 7.69. The normalized spacial score (nSPS) is 11.2. The molecule has 8 heteroatoms. The van der Waals surface area contributed by atoms with Gasteiger partial charge in [0.1, 0.15) is 5.82 Å². The van der Waals surface area contributed by atoms with Gasteiger partial charge < -0.3 is 5.11 Å². The van der Waals surface area contributed by atoms with Crippen LogP contribution in [0.25, 0.3) is 0 Å². The molecular weight excluding hydrogens is 338 g/mol. The number of nitrogens with zero attached hydrogens (tertiary/aromatic N) is 1. The number of ketones is 1. The number of hydrazone groups is 1. The molecule has 0 unspecified atom stereocenters. The van der Waals surface area contributed by atoms with Crippen molar-refractivity contribution in [2.75, 3.05) is 5.43 Å². The first-order valence-electron chi connectivity index (χ1n) is 6.68. The van der Waals surface area contributed by atoms with E-state index in [0.717, 1.165) is 23.9 Å². The summed E-state index contributed by atoms with van der Waals surface area (Å²) in [6, 6.07) is 8.98. The third-order valence-electron chi connectivity index (χ3n) is 2.83. The minimum absolute atomic E-state index is 0.0180. The monoisotopic (exact) mass is 350 g/mol. The van der Waals surface area contributed by atoms with Crippen LogP contribution in [0.2, 0.25) is 0 Å². The predicted molar refractivity (Wildman–Crippen MR) is 87.4 cm³/mol. The molecule has 5 nitrogen and oxygen atoms in total. The molecule has 124 valence electrons. The van der Waals surface area contributed by atoms with Crippen LogP contribution >= 0.6 is 11.8 Å². The maximum Gasteiger partial charge on any atom is 0.336 e. The summed E-state index contributed by atoms with van der Waals surface area (Å²) in [5, 5.41) is 12.9. The van der Waals surface area contributed by atoms with Crippen LogP contribution in [-0.2, 0) is 4.79 Å². The van der Waals surface area contributed by atoms with Gasteiger partial charge in [-0.3, -0.25) is 10.2 Å². The Labute approximate surface area is 140 Å². The van der Waals surface area contributed by atoms with Gasteiger partial charge in [0, 0.05) is 17.9 Å². The summed E-state index contributed by atoms with van der Waals surface area (Å²) in [5.41, 5.74) is 2.26. The summed E-state index contributed by atoms with van der Waals surface area (Å²) in [5.74, 6) is -3.18. The molecule has 0 aliphatic carbocycles. The molecule has 0 spiro atoms. The number of rotatable bonds is 5. The maximum absolute atomic E-state index is 13.6. The summed E-state index contributed by atoms with van der Waals surface area (Å²) in [6.07, 6.45) is 0. The highest BCUT2D eigenvalue weighted by Gasteiger charge is 2.15. The Kier molecular flexibility index (Phi) is 5.64. The fourth-order valence-corrected chi connectivity index (χ4v) is 2.56. The van der Waals surface area contributed by atoms with E-state index in [9.17, 15) is 18.4 Å². The largest absolute Gasteiger partial charge is 0.478 e. The minimum Gasteiger partial charge on any atom is -0.478 e. The third-order valence-corrected chi connectivity index (χ3v) is 3.98. The maximum atomic E-state index is 13.6. The molecule has 2 rings (SSSR count). The number of carbonyl (C=O) groups excluding carboxylic acids is 1. The van der Waals surface area contributed by atoms with E-state index in [-0.39, 0.29) is 16.3 Å². The molecule has 0 aliphatic heterocycles. The van der Waals surface area contributed by atoms with Gasteiger partial charge in [-0.25, -0.2) is 13.6 Å². The van der Waals surface area contributed by atoms with Crippen LogP contribution in [0.15, 0.2) is 52.5 Å². The Morgan fingerprint density at radius 1 is 1.17 bits per heavy atom. The van der Waals surface area contributed by atoms with Gasteiger partial charge in [-0.05, 0) is 24.3 Å². The SMILES string of the molecule is CC(=O)C(=NNc1ccc(F)cc1F)Sc1ccccc1C(=O)O. The molecular formula is C16H12F2N2O3S. The Balaban J connectivity index is 2.27. The summed E-state index contributed by atoms with van der Waals surface area (Å²) in [4.78, 5) is 23.2. The average Bonchev–Trinajstić information content (AvgIpc) is 2.52. The molecule has 0 radical (unpaired) electrons. The lowest BCUT2D eigenvalue weighted by molar-refractivity contribution is -0.110. The van der Waals surface area contributed by atoms with Crippen molar-refractivity contribution in [1.82, 2.24) is 0 Å². The number of anilines is 1. The van der Waals surface area contributed by atoms with Crippen LogP contribution in [0.4, 0.5) is 14.5 Å². The van der Waals surface area contributed by atoms with Gasteiger partial charge in [0.05, 0.1) is 11.3 Å². The predicted octanol–water partition coefficient (Wildman–Crippen LogP) is 3.77. The summed E-state index contributed by atoms with van der Waals surface area (Å²) < 4.78 is 26.4. The minimum atomic E-state index is -1.14. The van der Waals surface area contributed by atoms with Crippen molar-refractivity contribution in [2.45, 2.75) is 11.8 Å². The smallest absolute Gasteiger partial charge is 0.336 e. The molecule has 0 amide bonds. The lowest BCUT2D eigenvalue weighted by atomic mass is 10.2. The van der Waals surface area contributed by atoms with Crippen molar-refractivity contribution < 1.29 is 23.5 Å². The van der Waals surface area contributed by atoms with Crippen molar-refractivity contribution in [1.29, 1.82) is 0 Å². The van der Waals surface area contributed by atoms with Crippen molar-refractivity contribution in [2.24, 2.45) is 5.10 Å². The van der Waals surface area contributed by atoms with Gasteiger partial charge in [0.15, 0.2) is 16.6 Å². The zero-order valence-electron chi connectivity index (χ0n) is 12.4. The molecule has 0 bridgehead atoms. The van der Waals surface area contributed by atoms with E-state index in [1.54, 1.807) is 12.1 Å². The van der Waals surface area contributed by atoms with Crippen LogP contribution in [0, 0.1) is 11.6 Å². The highest BCUT2D eigenvalue weighted by molar-refractivity contribution is 8.15. The van der Waals surface area contributed by atoms with E-state index in [2.05, 4.69) is 10.5 Å². The number of carboxylic acid groups (broad SMARTS) is 1. The second-order valence-corrected chi connectivity index (χ2v) is 5.64. The Morgan fingerprint density at radius 3 is 2.50 bits per heavy atom. The zero-order valence-corrected chi connectivity index (χ0v) is 13.2. The van der Waals surface area contributed by atoms with Gasteiger partial charge in [-0.15, -0.1) is 0 Å². The van der Waals surface area contributed by atoms with E-state index < -0.39 is 23.4 Å². The Hall–Kier alpha value is -2.74. The quantitative estimate of drug-likeness (QED) is 0.371. The fourth-order valence-electron chi connectivity index (χ4n) is 1.70. The van der Waals surface area contributed by atoms with Crippen molar-refractivity contribution in [3.05, 3.63) is 59.7 Å². The number of aromatic carboxylic acids is 1. The number of hydrogen-bond donors (Lipinski definition) is 2. The van der Waals surface area contributed by atoms with Crippen LogP contribution in [0.5, 0.6) is 0 Å². The highest BCUT2D eigenvalue weighted by Crippen LogP contribution is 2.25. The lowest BCUT2D eigenvalue weighted by Crippen LogP contribution is -2.10. The summed E-state index contributed by atoms with van der Waals surface area (Å²) in [6.45, 7) is 1.25. The van der Waals surface area contributed by atoms with E-state index in [0.29, 0.717) is 11.0 Å². The lowest BCUT2D eigenvalue weighted by Gasteiger charge is -2.07. The van der Waals surface area contributed by atoms with Crippen LogP contribution in [-0.4, -0.2) is 21.9 Å². The van der Waals surface area contributed by atoms with Gasteiger partial charge in [-0.2, -0.15) is 5.10 Å². The first-order valence-corrected chi connectivity index (χ1v) is 7.50. The topological polar surface area (TPSA) is 78.8 Å². The zero-order chi connectivity index (χ0) is 17.7. The van der Waals surface area contributed by atoms with E-state index in [4.69, 9.17) is 5.11 Å². The van der Waals surface area contributed by atoms with Crippen molar-refractivity contribution in [3.8, 4) is 0 Å². The van der Waals surface area contributed by atoms with E-state index in [1.807, 2.05) is 0 Å². The number of Topliss-reactive ketones (excluding diaryl/α,β-unsaturated/α-hetero) is 1. The number of hydrogen-bond acceptors (Lipinski definition) is 5. The number of halogens is 2. The molecule has 0 saturated carbocycles. The molecule has 0 heterocycles. The molecule has 0 aromatic heterocycles. The van der Waals surface area contributed by atoms with Gasteiger partial charge in [0.2, 0.25) is 0 Å². The standard InChI is InChI=1S/C16H12F2N2O3S/c1-9(21)15(20-19-13-7-6-10(17)8-12(13)18)24-14-5-3-2-4-11(14)16(22)23/h2-8,19H,1H3,(H,22,23). The number of thioether (sulfide) groups is 1. The van der Waals surface area contributed by atoms with E-state index in [1.165, 1.54) is 19.1 Å². The molecule has 2 aromatic rings. The van der Waals surface area contributed by atoms with Crippen LogP contribution in [0.1, 0.15) is 17.3 Å². The van der Waals surface area contributed by atoms with Gasteiger partial charge in [-0.1, -0.05) is 23.9 Å². The third kappa shape index (κ3) is 4.39. The molecule has 0 atom stereocenters. The number of nitrogens with one attached hydrogen (secondary N) is 1. The molecule has 2 N–H and O–H groups in total. The van der Waals surface area contributed by atoms with Gasteiger partial charge in [0.25, 0.3) is 0 Å². The van der Waals surface area contributed by atoms with Gasteiger partial charge >= 0.3 is 5.97 Å². The molecule has 2 aromatic carbocycles. The highest BCUT2D eigenvalue weighted by atomic mass is 32.2. The molecule has 0 aliphatic rings. The van der Waals surface area contributed by atoms with Crippen molar-refractivity contribution in [3.63, 3.8) is 0 Å². The number of carboxylic acids is 1. The van der Waals surface area contributed by atoms with Crippen LogP contribution < -0.4 is 5.43 Å². The number of carbonyl (C=O) groups is 2. The first kappa shape index (κ1) is 17.6. The Morgan fingerprint density at radius 2 is 1.88 bits per heavy atom. The van der Waals surface area contributed by atoms with Crippen LogP contribution in [0.3, 0.4) is 0 Å². The Bertz CT molecular complexity index is 825. The average molecular weight is 350 g/mol. The number of benzene rings is 2. The molecule has 0 saturated heterocycles. The van der Waals surface area contributed by atoms with E-state index >= 15 is 0 Å². The first-order chi connectivity index (χ1) is 11.4.